The quantitative estimate of drug-likeness (QED) is 0.846. The van der Waals surface area contributed by atoms with Gasteiger partial charge in [-0.15, -0.1) is 0 Å². The Morgan fingerprint density at radius 1 is 1.22 bits per heavy atom. The third kappa shape index (κ3) is 2.72. The van der Waals surface area contributed by atoms with E-state index in [0.717, 1.165) is 24.7 Å². The lowest BCUT2D eigenvalue weighted by atomic mass is 10.1. The van der Waals surface area contributed by atoms with Gasteiger partial charge in [0.15, 0.2) is 0 Å². The van der Waals surface area contributed by atoms with Gasteiger partial charge in [0, 0.05) is 18.0 Å². The lowest BCUT2D eigenvalue weighted by molar-refractivity contribution is 0.263. The van der Waals surface area contributed by atoms with Crippen LogP contribution in [0.3, 0.4) is 0 Å². The molecule has 3 rings (SSSR count). The molecule has 1 aromatic rings. The van der Waals surface area contributed by atoms with Crippen molar-refractivity contribution in [2.45, 2.75) is 37.6 Å². The topological polar surface area (TPSA) is 67.1 Å². The first-order chi connectivity index (χ1) is 8.70. The number of aromatic nitrogens is 2. The van der Waals surface area contributed by atoms with Gasteiger partial charge in [-0.3, -0.25) is 0 Å². The minimum absolute atomic E-state index is 0.516. The van der Waals surface area contributed by atoms with Gasteiger partial charge in [0.2, 0.25) is 0 Å². The van der Waals surface area contributed by atoms with Crippen LogP contribution in [0, 0.1) is 0 Å². The third-order valence-corrected chi connectivity index (χ3v) is 3.78. The van der Waals surface area contributed by atoms with Gasteiger partial charge in [-0.05, 0) is 45.8 Å². The summed E-state index contributed by atoms with van der Waals surface area (Å²) in [5, 5.41) is 3.51. The van der Waals surface area contributed by atoms with Crippen LogP contribution in [-0.2, 0) is 0 Å². The lowest BCUT2D eigenvalue weighted by Crippen LogP contribution is -2.36. The van der Waals surface area contributed by atoms with Crippen LogP contribution >= 0.6 is 0 Å². The highest BCUT2D eigenvalue weighted by Crippen LogP contribution is 2.38. The summed E-state index contributed by atoms with van der Waals surface area (Å²) in [5.74, 6) is 2.96. The highest BCUT2D eigenvalue weighted by Gasteiger charge is 2.27. The van der Waals surface area contributed by atoms with Crippen molar-refractivity contribution in [1.82, 2.24) is 14.9 Å². The van der Waals surface area contributed by atoms with Crippen molar-refractivity contribution in [2.24, 2.45) is 0 Å². The number of nitrogen functional groups attached to an aromatic ring is 1. The highest BCUT2D eigenvalue weighted by molar-refractivity contribution is 5.46. The van der Waals surface area contributed by atoms with Gasteiger partial charge in [0.05, 0.1) is 0 Å². The van der Waals surface area contributed by atoms with Gasteiger partial charge in [-0.25, -0.2) is 9.97 Å². The van der Waals surface area contributed by atoms with Crippen molar-refractivity contribution in [3.8, 4) is 0 Å². The van der Waals surface area contributed by atoms with Crippen LogP contribution < -0.4 is 11.1 Å². The molecule has 5 heteroatoms. The molecular formula is C13H21N5. The monoisotopic (exact) mass is 247 g/mol. The Kier molecular flexibility index (Phi) is 3.07. The Morgan fingerprint density at radius 2 is 1.94 bits per heavy atom. The van der Waals surface area contributed by atoms with E-state index in [2.05, 4.69) is 27.2 Å². The van der Waals surface area contributed by atoms with E-state index in [1.165, 1.54) is 25.7 Å². The highest BCUT2D eigenvalue weighted by atomic mass is 15.1. The van der Waals surface area contributed by atoms with E-state index in [9.17, 15) is 0 Å². The molecule has 5 nitrogen and oxygen atoms in total. The molecule has 0 unspecified atom stereocenters. The molecule has 98 valence electrons. The number of piperidine rings is 1. The van der Waals surface area contributed by atoms with Crippen molar-refractivity contribution >= 4 is 11.6 Å². The summed E-state index contributed by atoms with van der Waals surface area (Å²) in [6.45, 7) is 2.29. The van der Waals surface area contributed by atoms with E-state index >= 15 is 0 Å². The summed E-state index contributed by atoms with van der Waals surface area (Å²) >= 11 is 0. The number of hydrogen-bond acceptors (Lipinski definition) is 5. The number of rotatable bonds is 3. The fourth-order valence-electron chi connectivity index (χ4n) is 2.45. The number of likely N-dealkylation sites (tertiary alicyclic amines) is 1. The molecule has 0 atom stereocenters. The van der Waals surface area contributed by atoms with Gasteiger partial charge in [-0.1, -0.05) is 0 Å². The third-order valence-electron chi connectivity index (χ3n) is 3.78. The first kappa shape index (κ1) is 11.7. The molecule has 0 aromatic carbocycles. The van der Waals surface area contributed by atoms with Crippen LogP contribution in [0.5, 0.6) is 0 Å². The van der Waals surface area contributed by atoms with Crippen LogP contribution in [0.1, 0.15) is 37.4 Å². The maximum absolute atomic E-state index is 5.85. The average molecular weight is 247 g/mol. The molecule has 18 heavy (non-hydrogen) atoms. The summed E-state index contributed by atoms with van der Waals surface area (Å²) in [6.07, 6.45) is 4.74. The molecule has 2 aliphatic rings. The maximum atomic E-state index is 5.85. The second-order valence-corrected chi connectivity index (χ2v) is 5.53. The first-order valence-corrected chi connectivity index (χ1v) is 6.80. The van der Waals surface area contributed by atoms with E-state index in [1.54, 1.807) is 0 Å². The second kappa shape index (κ2) is 4.72. The van der Waals surface area contributed by atoms with Crippen molar-refractivity contribution in [2.75, 3.05) is 31.2 Å². The molecule has 0 radical (unpaired) electrons. The maximum Gasteiger partial charge on any atom is 0.136 e. The van der Waals surface area contributed by atoms with Gasteiger partial charge in [0.1, 0.15) is 17.5 Å². The van der Waals surface area contributed by atoms with Crippen molar-refractivity contribution in [3.63, 3.8) is 0 Å². The lowest BCUT2D eigenvalue weighted by Gasteiger charge is -2.29. The van der Waals surface area contributed by atoms with Crippen molar-refractivity contribution < 1.29 is 0 Å². The zero-order valence-corrected chi connectivity index (χ0v) is 10.9. The second-order valence-electron chi connectivity index (χ2n) is 5.53. The van der Waals surface area contributed by atoms with Gasteiger partial charge in [0.25, 0.3) is 0 Å². The Balaban J connectivity index is 1.68. The number of nitrogens with two attached hydrogens (primary N) is 1. The van der Waals surface area contributed by atoms with Gasteiger partial charge >= 0.3 is 0 Å². The minimum Gasteiger partial charge on any atom is -0.384 e. The Morgan fingerprint density at radius 3 is 2.61 bits per heavy atom. The van der Waals surface area contributed by atoms with Crippen molar-refractivity contribution in [1.29, 1.82) is 0 Å². The van der Waals surface area contributed by atoms with Crippen LogP contribution in [-0.4, -0.2) is 41.0 Å². The summed E-state index contributed by atoms with van der Waals surface area (Å²) in [6, 6.07) is 2.37. The number of nitrogens with one attached hydrogen (secondary N) is 1. The van der Waals surface area contributed by atoms with Crippen LogP contribution in [0.15, 0.2) is 6.07 Å². The summed E-state index contributed by atoms with van der Waals surface area (Å²) in [4.78, 5) is 11.3. The Labute approximate surface area is 108 Å². The fraction of sp³-hybridized carbons (Fsp3) is 0.692. The van der Waals surface area contributed by atoms with Crippen molar-refractivity contribution in [3.05, 3.63) is 11.9 Å². The molecule has 1 aliphatic heterocycles. The standard InChI is InChI=1S/C13H21N5/c1-18-6-4-10(5-7-18)15-12-8-11(14)16-13(17-12)9-2-3-9/h8-10H,2-7H2,1H3,(H3,14,15,16,17). The Bertz CT molecular complexity index is 421. The van der Waals surface area contributed by atoms with E-state index in [4.69, 9.17) is 5.73 Å². The average Bonchev–Trinajstić information content (AvgIpc) is 3.15. The molecule has 0 spiro atoms. The molecule has 2 heterocycles. The molecule has 1 aliphatic carbocycles. The van der Waals surface area contributed by atoms with E-state index < -0.39 is 0 Å². The normalized spacial score (nSPS) is 22.1. The molecule has 1 aromatic heterocycles. The predicted octanol–water partition coefficient (Wildman–Crippen LogP) is 1.44. The van der Waals surface area contributed by atoms with Crippen LogP contribution in [0.2, 0.25) is 0 Å². The molecule has 2 fully saturated rings. The predicted molar refractivity (Wildman–Crippen MR) is 72.6 cm³/mol. The summed E-state index contributed by atoms with van der Waals surface area (Å²) in [7, 11) is 2.17. The Hall–Kier alpha value is -1.36. The summed E-state index contributed by atoms with van der Waals surface area (Å²) in [5.41, 5.74) is 5.85. The largest absolute Gasteiger partial charge is 0.384 e. The molecule has 0 bridgehead atoms. The number of anilines is 2. The van der Waals surface area contributed by atoms with E-state index in [1.807, 2.05) is 6.07 Å². The molecule has 1 saturated heterocycles. The van der Waals surface area contributed by atoms with E-state index in [-0.39, 0.29) is 0 Å². The number of hydrogen-bond donors (Lipinski definition) is 2. The zero-order chi connectivity index (χ0) is 12.5. The van der Waals surface area contributed by atoms with Crippen LogP contribution in [0.4, 0.5) is 11.6 Å². The summed E-state index contributed by atoms with van der Waals surface area (Å²) < 4.78 is 0. The van der Waals surface area contributed by atoms with Gasteiger partial charge in [-0.2, -0.15) is 0 Å². The molecule has 3 N–H and O–H groups in total. The molecule has 1 saturated carbocycles. The zero-order valence-electron chi connectivity index (χ0n) is 10.9. The smallest absolute Gasteiger partial charge is 0.136 e. The minimum atomic E-state index is 0.516. The number of nitrogens with zero attached hydrogens (tertiary/aromatic N) is 3. The molecular weight excluding hydrogens is 226 g/mol. The van der Waals surface area contributed by atoms with Gasteiger partial charge < -0.3 is 16.0 Å². The SMILES string of the molecule is CN1CCC(Nc2cc(N)nc(C3CC3)n2)CC1. The van der Waals surface area contributed by atoms with E-state index in [0.29, 0.717) is 17.8 Å². The molecule has 0 amide bonds. The van der Waals surface area contributed by atoms with Crippen LogP contribution in [0.25, 0.3) is 0 Å². The first-order valence-electron chi connectivity index (χ1n) is 6.80. The fourth-order valence-corrected chi connectivity index (χ4v) is 2.45.